The zero-order chi connectivity index (χ0) is 16.9. The van der Waals surface area contributed by atoms with Crippen molar-refractivity contribution in [2.24, 2.45) is 5.73 Å². The topological polar surface area (TPSA) is 64.7 Å². The molecule has 124 valence electrons. The molecule has 0 bridgehead atoms. The fourth-order valence-electron chi connectivity index (χ4n) is 2.07. The highest BCUT2D eigenvalue weighted by atomic mass is 19.3. The number of hydrogen-bond donors (Lipinski definition) is 2. The number of rotatable bonds is 7. The Kier molecular flexibility index (Phi) is 5.52. The van der Waals surface area contributed by atoms with Gasteiger partial charge in [-0.25, -0.2) is 8.78 Å². The minimum absolute atomic E-state index is 0.160. The average Bonchev–Trinajstić information content (AvgIpc) is 2.60. The van der Waals surface area contributed by atoms with Gasteiger partial charge in [-0.15, -0.1) is 0 Å². The van der Waals surface area contributed by atoms with Crippen molar-refractivity contribution in [3.05, 3.63) is 59.7 Å². The quantitative estimate of drug-likeness (QED) is 0.822. The fourth-order valence-corrected chi connectivity index (χ4v) is 2.07. The smallest absolute Gasteiger partial charge is 0.289 e. The Labute approximate surface area is 133 Å². The Morgan fingerprint density at radius 2 is 1.83 bits per heavy atom. The van der Waals surface area contributed by atoms with E-state index in [1.807, 2.05) is 30.3 Å². The van der Waals surface area contributed by atoms with E-state index >= 15 is 0 Å². The van der Waals surface area contributed by atoms with Gasteiger partial charge in [0.15, 0.2) is 11.5 Å². The number of benzene rings is 2. The minimum Gasteiger partial charge on any atom is -0.493 e. The van der Waals surface area contributed by atoms with E-state index < -0.39 is 18.6 Å². The third-order valence-corrected chi connectivity index (χ3v) is 3.45. The van der Waals surface area contributed by atoms with Crippen molar-refractivity contribution in [3.8, 4) is 11.5 Å². The van der Waals surface area contributed by atoms with Gasteiger partial charge in [0.1, 0.15) is 13.2 Å². The Morgan fingerprint density at radius 3 is 2.43 bits per heavy atom. The predicted molar refractivity (Wildman–Crippen MR) is 82.7 cm³/mol. The molecule has 0 aliphatic carbocycles. The molecule has 2 aromatic carbocycles. The molecule has 1 atom stereocenters. The summed E-state index contributed by atoms with van der Waals surface area (Å²) in [4.78, 5) is 0. The number of hydrogen-bond acceptors (Lipinski definition) is 4. The van der Waals surface area contributed by atoms with Crippen molar-refractivity contribution in [2.75, 3.05) is 13.7 Å². The largest absolute Gasteiger partial charge is 0.493 e. The Bertz CT molecular complexity index is 635. The van der Waals surface area contributed by atoms with Crippen molar-refractivity contribution in [1.82, 2.24) is 0 Å². The number of aliphatic hydroxyl groups is 1. The summed E-state index contributed by atoms with van der Waals surface area (Å²) in [5.41, 5.74) is 6.65. The van der Waals surface area contributed by atoms with Gasteiger partial charge in [0.05, 0.1) is 13.2 Å². The van der Waals surface area contributed by atoms with Crippen LogP contribution in [0.5, 0.6) is 11.5 Å². The van der Waals surface area contributed by atoms with Crippen LogP contribution >= 0.6 is 0 Å². The van der Waals surface area contributed by atoms with Gasteiger partial charge < -0.3 is 20.3 Å². The number of nitrogens with two attached hydrogens (primary N) is 1. The second-order valence-corrected chi connectivity index (χ2v) is 5.08. The molecular formula is C17H19F2NO3. The lowest BCUT2D eigenvalue weighted by molar-refractivity contribution is -0.0712. The molecular weight excluding hydrogens is 304 g/mol. The molecule has 0 amide bonds. The first-order valence-electron chi connectivity index (χ1n) is 7.07. The molecule has 0 saturated carbocycles. The first-order chi connectivity index (χ1) is 11.0. The number of alkyl halides is 2. The average molecular weight is 323 g/mol. The summed E-state index contributed by atoms with van der Waals surface area (Å²) in [6.45, 7) is -0.988. The highest BCUT2D eigenvalue weighted by Gasteiger charge is 2.37. The van der Waals surface area contributed by atoms with E-state index in [4.69, 9.17) is 20.3 Å². The SMILES string of the molecule is COc1cc([C@H](N)C(F)(F)CO)ccc1OCc1ccccc1. The molecule has 0 unspecified atom stereocenters. The lowest BCUT2D eigenvalue weighted by Crippen LogP contribution is -2.36. The van der Waals surface area contributed by atoms with Gasteiger partial charge >= 0.3 is 0 Å². The molecule has 0 aliphatic heterocycles. The van der Waals surface area contributed by atoms with Crippen molar-refractivity contribution < 1.29 is 23.4 Å². The second kappa shape index (κ2) is 7.39. The van der Waals surface area contributed by atoms with Gasteiger partial charge in [0.2, 0.25) is 0 Å². The standard InChI is InChI=1S/C17H19F2NO3/c1-22-15-9-13(16(20)17(18,19)11-21)7-8-14(15)23-10-12-5-3-2-4-6-12/h2-9,16,21H,10-11,20H2,1H3/t16-/m0/s1. The summed E-state index contributed by atoms with van der Waals surface area (Å²) in [5.74, 6) is -2.67. The van der Waals surface area contributed by atoms with Crippen LogP contribution < -0.4 is 15.2 Å². The van der Waals surface area contributed by atoms with Crippen LogP contribution in [0.4, 0.5) is 8.78 Å². The molecule has 0 heterocycles. The van der Waals surface area contributed by atoms with Gasteiger partial charge in [-0.1, -0.05) is 36.4 Å². The molecule has 0 spiro atoms. The summed E-state index contributed by atoms with van der Waals surface area (Å²) >= 11 is 0. The molecule has 6 heteroatoms. The Morgan fingerprint density at radius 1 is 1.13 bits per heavy atom. The predicted octanol–water partition coefficient (Wildman–Crippen LogP) is 2.90. The molecule has 4 nitrogen and oxygen atoms in total. The molecule has 0 aliphatic rings. The van der Waals surface area contributed by atoms with Crippen LogP contribution in [0, 0.1) is 0 Å². The highest BCUT2D eigenvalue weighted by molar-refractivity contribution is 5.44. The van der Waals surface area contributed by atoms with E-state index in [1.165, 1.54) is 25.3 Å². The van der Waals surface area contributed by atoms with Gasteiger partial charge in [0, 0.05) is 0 Å². The van der Waals surface area contributed by atoms with Crippen molar-refractivity contribution in [2.45, 2.75) is 18.6 Å². The van der Waals surface area contributed by atoms with E-state index in [9.17, 15) is 8.78 Å². The Balaban J connectivity index is 2.16. The fraction of sp³-hybridized carbons (Fsp3) is 0.294. The van der Waals surface area contributed by atoms with Crippen LogP contribution in [0.3, 0.4) is 0 Å². The summed E-state index contributed by atoms with van der Waals surface area (Å²) in [7, 11) is 1.42. The third-order valence-electron chi connectivity index (χ3n) is 3.45. The lowest BCUT2D eigenvalue weighted by Gasteiger charge is -2.22. The van der Waals surface area contributed by atoms with Crippen molar-refractivity contribution in [1.29, 1.82) is 0 Å². The number of methoxy groups -OCH3 is 1. The summed E-state index contributed by atoms with van der Waals surface area (Å²) in [6, 6.07) is 12.3. The van der Waals surface area contributed by atoms with Crippen molar-refractivity contribution in [3.63, 3.8) is 0 Å². The summed E-state index contributed by atoms with van der Waals surface area (Å²) < 4.78 is 37.8. The number of halogens is 2. The number of ether oxygens (including phenoxy) is 2. The number of aliphatic hydroxyl groups excluding tert-OH is 1. The van der Waals surface area contributed by atoms with Crippen LogP contribution in [0.15, 0.2) is 48.5 Å². The van der Waals surface area contributed by atoms with Crippen LogP contribution in [-0.2, 0) is 6.61 Å². The summed E-state index contributed by atoms with van der Waals surface area (Å²) in [6.07, 6.45) is 0. The van der Waals surface area contributed by atoms with Gasteiger partial charge in [0.25, 0.3) is 5.92 Å². The van der Waals surface area contributed by atoms with Crippen LogP contribution in [0.1, 0.15) is 17.2 Å². The van der Waals surface area contributed by atoms with Crippen molar-refractivity contribution >= 4 is 0 Å². The minimum atomic E-state index is -3.41. The maximum atomic E-state index is 13.5. The van der Waals surface area contributed by atoms with Crippen LogP contribution in [0.25, 0.3) is 0 Å². The molecule has 2 aromatic rings. The third kappa shape index (κ3) is 4.18. The molecule has 0 aromatic heterocycles. The first-order valence-corrected chi connectivity index (χ1v) is 7.07. The maximum Gasteiger partial charge on any atom is 0.289 e. The summed E-state index contributed by atoms with van der Waals surface area (Å²) in [5, 5.41) is 8.73. The molecule has 3 N–H and O–H groups in total. The normalized spacial score (nSPS) is 12.7. The zero-order valence-corrected chi connectivity index (χ0v) is 12.7. The van der Waals surface area contributed by atoms with E-state index in [-0.39, 0.29) is 5.56 Å². The van der Waals surface area contributed by atoms with E-state index in [1.54, 1.807) is 0 Å². The molecule has 2 rings (SSSR count). The molecule has 0 saturated heterocycles. The zero-order valence-electron chi connectivity index (χ0n) is 12.7. The first kappa shape index (κ1) is 17.2. The lowest BCUT2D eigenvalue weighted by atomic mass is 10.0. The highest BCUT2D eigenvalue weighted by Crippen LogP contribution is 2.35. The second-order valence-electron chi connectivity index (χ2n) is 5.08. The molecule has 0 radical (unpaired) electrons. The van der Waals surface area contributed by atoms with E-state index in [0.717, 1.165) is 5.56 Å². The van der Waals surface area contributed by atoms with Gasteiger partial charge in [-0.05, 0) is 23.3 Å². The van der Waals surface area contributed by atoms with Crippen LogP contribution in [-0.4, -0.2) is 24.7 Å². The van der Waals surface area contributed by atoms with Crippen LogP contribution in [0.2, 0.25) is 0 Å². The Hall–Kier alpha value is -2.18. The maximum absolute atomic E-state index is 13.5. The van der Waals surface area contributed by atoms with Gasteiger partial charge in [-0.3, -0.25) is 0 Å². The van der Waals surface area contributed by atoms with E-state index in [0.29, 0.717) is 18.1 Å². The molecule has 0 fully saturated rings. The molecule has 23 heavy (non-hydrogen) atoms. The monoisotopic (exact) mass is 323 g/mol. The van der Waals surface area contributed by atoms with E-state index in [2.05, 4.69) is 0 Å². The van der Waals surface area contributed by atoms with Gasteiger partial charge in [-0.2, -0.15) is 0 Å².